The minimum absolute atomic E-state index is 0.232. The number of hydrogen-bond donors (Lipinski definition) is 3. The van der Waals surface area contributed by atoms with E-state index in [4.69, 9.17) is 20.5 Å². The van der Waals surface area contributed by atoms with Gasteiger partial charge in [0.2, 0.25) is 0 Å². The molecule has 0 aromatic carbocycles. The van der Waals surface area contributed by atoms with Gasteiger partial charge >= 0.3 is 7.12 Å². The molecule has 5 nitrogen and oxygen atoms in total. The summed E-state index contributed by atoms with van der Waals surface area (Å²) in [5.41, 5.74) is 6.08. The fourth-order valence-corrected chi connectivity index (χ4v) is 2.59. The largest absolute Gasteiger partial charge is 0.451 e. The minimum atomic E-state index is -1.17. The van der Waals surface area contributed by atoms with Crippen LogP contribution in [0.3, 0.4) is 0 Å². The molecule has 1 aliphatic heterocycles. The predicted molar refractivity (Wildman–Crippen MR) is 77.9 cm³/mol. The lowest BCUT2D eigenvalue weighted by molar-refractivity contribution is 0.0403. The van der Waals surface area contributed by atoms with Gasteiger partial charge in [0.15, 0.2) is 0 Å². The second kappa shape index (κ2) is 9.72. The summed E-state index contributed by atoms with van der Waals surface area (Å²) in [4.78, 5) is 2.47. The van der Waals surface area contributed by atoms with Crippen molar-refractivity contribution in [3.63, 3.8) is 0 Å². The Hall–Kier alpha value is -0.135. The molecule has 1 unspecified atom stereocenters. The molecule has 1 atom stereocenters. The summed E-state index contributed by atoms with van der Waals surface area (Å²) in [6.45, 7) is 3.30. The van der Waals surface area contributed by atoms with Crippen molar-refractivity contribution in [3.05, 3.63) is 0 Å². The van der Waals surface area contributed by atoms with Crippen LogP contribution >= 0.6 is 0 Å². The van der Waals surface area contributed by atoms with Gasteiger partial charge in [-0.15, -0.1) is 0 Å². The molecule has 0 aliphatic carbocycles. The molecule has 1 fully saturated rings. The molecule has 112 valence electrons. The van der Waals surface area contributed by atoms with Crippen molar-refractivity contribution in [1.29, 1.82) is 0 Å². The van der Waals surface area contributed by atoms with Crippen molar-refractivity contribution in [1.82, 2.24) is 4.90 Å². The molecule has 6 heteroatoms. The fraction of sp³-hybridized carbons (Fsp3) is 1.00. The average Bonchev–Trinajstić information content (AvgIpc) is 2.41. The Morgan fingerprint density at radius 2 is 1.95 bits per heavy atom. The molecule has 1 rings (SSSR count). The highest BCUT2D eigenvalue weighted by molar-refractivity contribution is 6.40. The monoisotopic (exact) mass is 272 g/mol. The smallest absolute Gasteiger partial charge is 0.427 e. The summed E-state index contributed by atoms with van der Waals surface area (Å²) in [6.07, 6.45) is 6.96. The van der Waals surface area contributed by atoms with Crippen LogP contribution in [0.15, 0.2) is 0 Å². The van der Waals surface area contributed by atoms with Crippen LogP contribution in [0.4, 0.5) is 0 Å². The highest BCUT2D eigenvalue weighted by Gasteiger charge is 2.18. The molecule has 4 N–H and O–H groups in total. The Kier molecular flexibility index (Phi) is 8.65. The van der Waals surface area contributed by atoms with Gasteiger partial charge in [0.25, 0.3) is 0 Å². The Balaban J connectivity index is 1.99. The van der Waals surface area contributed by atoms with Gasteiger partial charge in [-0.05, 0) is 38.5 Å². The highest BCUT2D eigenvalue weighted by Crippen LogP contribution is 2.14. The lowest BCUT2D eigenvalue weighted by Crippen LogP contribution is -2.39. The molecular weight excluding hydrogens is 243 g/mol. The standard InChI is InChI=1S/C13H29BN2O3/c1-19-13-6-10-16(11-7-13)9-5-12(15)4-2-3-8-14(17)18/h12-13,17-18H,2-11,15H2,1H3. The summed E-state index contributed by atoms with van der Waals surface area (Å²) in [7, 11) is 0.623. The van der Waals surface area contributed by atoms with Crippen LogP contribution in [0.1, 0.15) is 38.5 Å². The average molecular weight is 272 g/mol. The molecule has 0 spiro atoms. The van der Waals surface area contributed by atoms with Crippen LogP contribution in [-0.2, 0) is 4.74 Å². The number of hydrogen-bond acceptors (Lipinski definition) is 5. The van der Waals surface area contributed by atoms with E-state index in [1.54, 1.807) is 7.11 Å². The zero-order valence-corrected chi connectivity index (χ0v) is 12.1. The zero-order chi connectivity index (χ0) is 14.1. The summed E-state index contributed by atoms with van der Waals surface area (Å²) >= 11 is 0. The first-order valence-electron chi connectivity index (χ1n) is 7.48. The Labute approximate surface area is 117 Å². The van der Waals surface area contributed by atoms with Crippen LogP contribution in [0, 0.1) is 0 Å². The number of rotatable bonds is 9. The molecule has 0 amide bonds. The summed E-state index contributed by atoms with van der Waals surface area (Å²) in [5.74, 6) is 0. The Morgan fingerprint density at radius 3 is 2.53 bits per heavy atom. The normalized spacial score (nSPS) is 19.6. The maximum absolute atomic E-state index is 8.74. The van der Waals surface area contributed by atoms with Crippen LogP contribution in [0.2, 0.25) is 6.32 Å². The van der Waals surface area contributed by atoms with Gasteiger partial charge in [-0.25, -0.2) is 0 Å². The first-order chi connectivity index (χ1) is 9.11. The van der Waals surface area contributed by atoms with Crippen LogP contribution < -0.4 is 5.73 Å². The van der Waals surface area contributed by atoms with Crippen molar-refractivity contribution in [3.8, 4) is 0 Å². The molecule has 1 saturated heterocycles. The van der Waals surface area contributed by atoms with E-state index in [2.05, 4.69) is 4.90 Å². The third-order valence-electron chi connectivity index (χ3n) is 3.97. The van der Waals surface area contributed by atoms with E-state index in [0.29, 0.717) is 12.4 Å². The minimum Gasteiger partial charge on any atom is -0.427 e. The van der Waals surface area contributed by atoms with E-state index in [9.17, 15) is 0 Å². The summed E-state index contributed by atoms with van der Waals surface area (Å²) in [5, 5.41) is 17.5. The predicted octanol–water partition coefficient (Wildman–Crippen LogP) is 0.458. The van der Waals surface area contributed by atoms with E-state index < -0.39 is 7.12 Å². The first-order valence-corrected chi connectivity index (χ1v) is 7.48. The van der Waals surface area contributed by atoms with Gasteiger partial charge in [-0.2, -0.15) is 0 Å². The number of methoxy groups -OCH3 is 1. The molecule has 0 radical (unpaired) electrons. The molecule has 0 aromatic rings. The molecule has 0 bridgehead atoms. The van der Waals surface area contributed by atoms with Crippen molar-refractivity contribution in [2.75, 3.05) is 26.7 Å². The summed E-state index contributed by atoms with van der Waals surface area (Å²) in [6, 6.07) is 0.232. The van der Waals surface area contributed by atoms with Gasteiger partial charge in [-0.3, -0.25) is 0 Å². The van der Waals surface area contributed by atoms with E-state index in [-0.39, 0.29) is 6.04 Å². The van der Waals surface area contributed by atoms with E-state index >= 15 is 0 Å². The van der Waals surface area contributed by atoms with Crippen LogP contribution in [0.25, 0.3) is 0 Å². The van der Waals surface area contributed by atoms with E-state index in [1.807, 2.05) is 0 Å². The second-order valence-corrected chi connectivity index (χ2v) is 5.59. The SMILES string of the molecule is COC1CCN(CCC(N)CCCCB(O)O)CC1. The maximum Gasteiger partial charge on any atom is 0.451 e. The third-order valence-corrected chi connectivity index (χ3v) is 3.97. The highest BCUT2D eigenvalue weighted by atomic mass is 16.5. The molecule has 1 heterocycles. The van der Waals surface area contributed by atoms with Gasteiger partial charge in [-0.1, -0.05) is 12.8 Å². The number of unbranched alkanes of at least 4 members (excludes halogenated alkanes) is 1. The van der Waals surface area contributed by atoms with Crippen molar-refractivity contribution in [2.24, 2.45) is 5.73 Å². The van der Waals surface area contributed by atoms with Crippen molar-refractivity contribution >= 4 is 7.12 Å². The Morgan fingerprint density at radius 1 is 1.26 bits per heavy atom. The van der Waals surface area contributed by atoms with Crippen LogP contribution in [-0.4, -0.2) is 61.0 Å². The fourth-order valence-electron chi connectivity index (χ4n) is 2.59. The number of piperidine rings is 1. The molecule has 0 aromatic heterocycles. The lowest BCUT2D eigenvalue weighted by atomic mass is 9.83. The number of nitrogens with zero attached hydrogens (tertiary/aromatic N) is 1. The quantitative estimate of drug-likeness (QED) is 0.420. The first kappa shape index (κ1) is 16.9. The Bertz CT molecular complexity index is 224. The lowest BCUT2D eigenvalue weighted by Gasteiger charge is -2.31. The number of ether oxygens (including phenoxy) is 1. The molecule has 1 aliphatic rings. The second-order valence-electron chi connectivity index (χ2n) is 5.59. The maximum atomic E-state index is 8.74. The van der Waals surface area contributed by atoms with Gasteiger partial charge in [0, 0.05) is 26.2 Å². The molecule has 19 heavy (non-hydrogen) atoms. The van der Waals surface area contributed by atoms with Crippen LogP contribution in [0.5, 0.6) is 0 Å². The van der Waals surface area contributed by atoms with Gasteiger partial charge in [0.1, 0.15) is 0 Å². The zero-order valence-electron chi connectivity index (χ0n) is 12.1. The topological polar surface area (TPSA) is 79.0 Å². The van der Waals surface area contributed by atoms with E-state index in [1.165, 1.54) is 0 Å². The van der Waals surface area contributed by atoms with Gasteiger partial charge < -0.3 is 25.4 Å². The number of likely N-dealkylation sites (tertiary alicyclic amines) is 1. The number of nitrogens with two attached hydrogens (primary N) is 1. The van der Waals surface area contributed by atoms with Gasteiger partial charge in [0.05, 0.1) is 6.10 Å². The molecule has 0 saturated carbocycles. The summed E-state index contributed by atoms with van der Waals surface area (Å²) < 4.78 is 5.36. The van der Waals surface area contributed by atoms with E-state index in [0.717, 1.165) is 58.2 Å². The third kappa shape index (κ3) is 7.90. The van der Waals surface area contributed by atoms with Crippen molar-refractivity contribution < 1.29 is 14.8 Å². The molecular formula is C13H29BN2O3. The van der Waals surface area contributed by atoms with Crippen molar-refractivity contribution in [2.45, 2.75) is 57.0 Å².